The Kier molecular flexibility index (Phi) is 6.53. The fraction of sp³-hybridized carbons (Fsp3) is 0.611. The monoisotopic (exact) mass is 373 g/mol. The third kappa shape index (κ3) is 5.33. The summed E-state index contributed by atoms with van der Waals surface area (Å²) < 4.78 is 34.4. The molecule has 0 aliphatic rings. The molecule has 0 saturated carbocycles. The van der Waals surface area contributed by atoms with Gasteiger partial charge in [0.15, 0.2) is 5.54 Å². The van der Waals surface area contributed by atoms with Crippen LogP contribution in [0.15, 0.2) is 18.2 Å². The van der Waals surface area contributed by atoms with Crippen LogP contribution in [-0.4, -0.2) is 27.5 Å². The Labute approximate surface area is 152 Å². The van der Waals surface area contributed by atoms with E-state index in [1.165, 1.54) is 19.2 Å². The second-order valence-electron chi connectivity index (χ2n) is 8.28. The van der Waals surface area contributed by atoms with Gasteiger partial charge in [-0.1, -0.05) is 20.8 Å². The molecule has 5 nitrogen and oxygen atoms in total. The van der Waals surface area contributed by atoms with Crippen LogP contribution in [-0.2, 0) is 21.7 Å². The molecule has 2 N–H and O–H groups in total. The lowest BCUT2D eigenvalue weighted by Crippen LogP contribution is -2.57. The van der Waals surface area contributed by atoms with Crippen molar-refractivity contribution in [3.8, 4) is 5.75 Å². The Morgan fingerprint density at radius 2 is 1.84 bits per heavy atom. The van der Waals surface area contributed by atoms with Gasteiger partial charge in [0.05, 0.1) is 7.11 Å². The maximum absolute atomic E-state index is 14.7. The molecule has 0 aromatic heterocycles. The summed E-state index contributed by atoms with van der Waals surface area (Å²) in [4.78, 5) is 12.3. The van der Waals surface area contributed by atoms with Crippen LogP contribution in [0, 0.1) is 11.2 Å². The highest BCUT2D eigenvalue weighted by Crippen LogP contribution is 2.39. The normalized spacial score (nSPS) is 16.2. The van der Waals surface area contributed by atoms with Crippen molar-refractivity contribution in [1.29, 1.82) is 0 Å². The zero-order chi connectivity index (χ0) is 19.6. The molecular weight excluding hydrogens is 345 g/mol. The molecule has 0 bridgehead atoms. The van der Waals surface area contributed by atoms with Crippen molar-refractivity contribution in [2.24, 2.45) is 5.41 Å². The molecule has 25 heavy (non-hydrogen) atoms. The summed E-state index contributed by atoms with van der Waals surface area (Å²) in [6.07, 6.45) is 0.0560. The number of carbonyl (C=O) groups is 1. The van der Waals surface area contributed by atoms with Gasteiger partial charge >= 0.3 is 5.97 Å². The number of hydrogen-bond acceptors (Lipinski definition) is 4. The summed E-state index contributed by atoms with van der Waals surface area (Å²) in [5.74, 6) is -1.71. The Balaban J connectivity index is 3.57. The third-order valence-corrected chi connectivity index (χ3v) is 5.27. The summed E-state index contributed by atoms with van der Waals surface area (Å²) in [6.45, 7) is 10.7. The molecular formula is C18H28FNO4S. The fourth-order valence-electron chi connectivity index (χ4n) is 2.50. The van der Waals surface area contributed by atoms with Gasteiger partial charge in [0, 0.05) is 23.0 Å². The molecule has 0 spiro atoms. The quantitative estimate of drug-likeness (QED) is 0.745. The Morgan fingerprint density at radius 3 is 2.20 bits per heavy atom. The maximum Gasteiger partial charge on any atom is 0.333 e. The van der Waals surface area contributed by atoms with Gasteiger partial charge < -0.3 is 14.4 Å². The van der Waals surface area contributed by atoms with Crippen LogP contribution in [0.25, 0.3) is 0 Å². The van der Waals surface area contributed by atoms with Crippen molar-refractivity contribution in [2.45, 2.75) is 58.2 Å². The lowest BCUT2D eigenvalue weighted by atomic mass is 9.76. The zero-order valence-electron chi connectivity index (χ0n) is 15.9. The molecule has 0 radical (unpaired) electrons. The minimum atomic E-state index is -1.83. The Bertz CT molecular complexity index is 624. The van der Waals surface area contributed by atoms with E-state index in [1.54, 1.807) is 20.8 Å². The molecule has 1 aromatic rings. The van der Waals surface area contributed by atoms with Crippen molar-refractivity contribution in [3.63, 3.8) is 0 Å². The predicted octanol–water partition coefficient (Wildman–Crippen LogP) is 3.60. The van der Waals surface area contributed by atoms with Crippen molar-refractivity contribution < 1.29 is 23.6 Å². The second kappa shape index (κ2) is 7.51. The van der Waals surface area contributed by atoms with Crippen LogP contribution in [0.3, 0.4) is 0 Å². The van der Waals surface area contributed by atoms with Gasteiger partial charge in [-0.05, 0) is 44.7 Å². The highest BCUT2D eigenvalue weighted by atomic mass is 32.2. The summed E-state index contributed by atoms with van der Waals surface area (Å²) in [5.41, 5.74) is -2.35. The predicted molar refractivity (Wildman–Crippen MR) is 97.4 cm³/mol. The SMILES string of the molecule is COc1ccc([C@@](CC(C)(C)C)(N[S@@+]([O-])C(C)(C)C)C(=O)O)c(F)c1. The Morgan fingerprint density at radius 1 is 1.28 bits per heavy atom. The first-order valence-corrected chi connectivity index (χ1v) is 9.15. The van der Waals surface area contributed by atoms with Crippen molar-refractivity contribution >= 4 is 17.3 Å². The molecule has 0 amide bonds. The highest BCUT2D eigenvalue weighted by Gasteiger charge is 2.50. The minimum Gasteiger partial charge on any atom is -0.598 e. The minimum absolute atomic E-state index is 0.0560. The number of methoxy groups -OCH3 is 1. The molecule has 7 heteroatoms. The van der Waals surface area contributed by atoms with Crippen LogP contribution in [0.5, 0.6) is 5.75 Å². The average molecular weight is 373 g/mol. The van der Waals surface area contributed by atoms with E-state index in [-0.39, 0.29) is 17.7 Å². The van der Waals surface area contributed by atoms with E-state index in [2.05, 4.69) is 4.72 Å². The van der Waals surface area contributed by atoms with Gasteiger partial charge in [0.25, 0.3) is 0 Å². The van der Waals surface area contributed by atoms with E-state index < -0.39 is 38.8 Å². The molecule has 142 valence electrons. The molecule has 1 rings (SSSR count). The topological polar surface area (TPSA) is 81.6 Å². The van der Waals surface area contributed by atoms with Crippen molar-refractivity contribution in [2.75, 3.05) is 7.11 Å². The van der Waals surface area contributed by atoms with Gasteiger partial charge in [-0.3, -0.25) is 0 Å². The number of carboxylic acid groups (broad SMARTS) is 1. The summed E-state index contributed by atoms with van der Waals surface area (Å²) in [6, 6.07) is 4.01. The summed E-state index contributed by atoms with van der Waals surface area (Å²) in [5, 5.41) is 10.0. The van der Waals surface area contributed by atoms with Crippen molar-refractivity contribution in [1.82, 2.24) is 4.72 Å². The number of halogens is 1. The standard InChI is InChI=1S/C18H28FNO4S/c1-16(2,3)11-18(15(21)22,20-25(23)17(4,5)6)13-9-8-12(24-7)10-14(13)19/h8-10,20H,11H2,1-7H3,(H,21,22)/t18-,25+/m1/s1. The summed E-state index contributed by atoms with van der Waals surface area (Å²) in [7, 11) is 1.40. The molecule has 0 heterocycles. The Hall–Kier alpha value is -1.31. The van der Waals surface area contributed by atoms with Crippen LogP contribution in [0.1, 0.15) is 53.5 Å². The molecule has 0 aliphatic heterocycles. The molecule has 0 fully saturated rings. The number of aliphatic carboxylic acids is 1. The molecule has 2 atom stereocenters. The third-order valence-electron chi connectivity index (χ3n) is 3.62. The second-order valence-corrected chi connectivity index (χ2v) is 10.2. The average Bonchev–Trinajstić information content (AvgIpc) is 2.43. The van der Waals surface area contributed by atoms with E-state index >= 15 is 0 Å². The molecule has 0 aliphatic carbocycles. The van der Waals surface area contributed by atoms with Crippen LogP contribution >= 0.6 is 0 Å². The number of carboxylic acids is 1. The number of nitrogens with one attached hydrogen (secondary N) is 1. The lowest BCUT2D eigenvalue weighted by molar-refractivity contribution is -0.146. The van der Waals surface area contributed by atoms with Crippen LogP contribution < -0.4 is 9.46 Å². The summed E-state index contributed by atoms with van der Waals surface area (Å²) >= 11 is -1.71. The van der Waals surface area contributed by atoms with E-state index in [4.69, 9.17) is 4.74 Å². The number of hydrogen-bond donors (Lipinski definition) is 2. The number of ether oxygens (including phenoxy) is 1. The van der Waals surface area contributed by atoms with E-state index in [0.29, 0.717) is 0 Å². The van der Waals surface area contributed by atoms with Crippen LogP contribution in [0.4, 0.5) is 4.39 Å². The molecule has 0 saturated heterocycles. The van der Waals surface area contributed by atoms with Gasteiger partial charge in [0.2, 0.25) is 0 Å². The van der Waals surface area contributed by atoms with Crippen molar-refractivity contribution in [3.05, 3.63) is 29.6 Å². The van der Waals surface area contributed by atoms with Gasteiger partial charge in [-0.15, -0.1) is 4.72 Å². The smallest absolute Gasteiger partial charge is 0.333 e. The highest BCUT2D eigenvalue weighted by molar-refractivity contribution is 7.90. The first kappa shape index (κ1) is 21.7. The van der Waals surface area contributed by atoms with E-state index in [0.717, 1.165) is 6.07 Å². The van der Waals surface area contributed by atoms with E-state index in [1.807, 2.05) is 20.8 Å². The fourth-order valence-corrected chi connectivity index (χ4v) is 3.39. The lowest BCUT2D eigenvalue weighted by Gasteiger charge is -2.38. The molecule has 1 aromatic carbocycles. The van der Waals surface area contributed by atoms with Crippen LogP contribution in [0.2, 0.25) is 0 Å². The van der Waals surface area contributed by atoms with Gasteiger partial charge in [-0.25, -0.2) is 9.18 Å². The van der Waals surface area contributed by atoms with Gasteiger partial charge in [-0.2, -0.15) is 0 Å². The van der Waals surface area contributed by atoms with E-state index in [9.17, 15) is 18.8 Å². The first-order valence-electron chi connectivity index (χ1n) is 8.00. The largest absolute Gasteiger partial charge is 0.598 e. The maximum atomic E-state index is 14.7. The first-order chi connectivity index (χ1) is 11.2. The number of rotatable bonds is 6. The zero-order valence-corrected chi connectivity index (χ0v) is 16.7. The number of benzene rings is 1. The molecule has 0 unspecified atom stereocenters. The van der Waals surface area contributed by atoms with Gasteiger partial charge in [0.1, 0.15) is 16.3 Å².